The van der Waals surface area contributed by atoms with Gasteiger partial charge in [-0.2, -0.15) is 12.7 Å². The third kappa shape index (κ3) is 3.55. The Hall–Kier alpha value is -0.860. The zero-order valence-corrected chi connectivity index (χ0v) is 11.1. The van der Waals surface area contributed by atoms with Crippen LogP contribution in [0.3, 0.4) is 0 Å². The molecule has 0 atom stereocenters. The van der Waals surface area contributed by atoms with E-state index in [1.807, 2.05) is 18.7 Å². The summed E-state index contributed by atoms with van der Waals surface area (Å²) in [6.07, 6.45) is 0.434. The second-order valence-corrected chi connectivity index (χ2v) is 5.98. The number of amides is 1. The molecule has 0 saturated carbocycles. The molecule has 2 N–H and O–H groups in total. The highest BCUT2D eigenvalue weighted by molar-refractivity contribution is 7.87. The van der Waals surface area contributed by atoms with Gasteiger partial charge in [-0.05, 0) is 26.8 Å². The summed E-state index contributed by atoms with van der Waals surface area (Å²) in [5.74, 6) is 0. The number of hydrogen-bond acceptors (Lipinski definition) is 5. The number of carbonyl (C=O) groups excluding carboxylic acids is 1. The van der Waals surface area contributed by atoms with Crippen LogP contribution in [0.2, 0.25) is 0 Å². The third-order valence-electron chi connectivity index (χ3n) is 3.17. The largest absolute Gasteiger partial charge is 0.452 e. The van der Waals surface area contributed by atoms with Crippen molar-refractivity contribution in [3.63, 3.8) is 0 Å². The number of piperidine rings is 1. The van der Waals surface area contributed by atoms with E-state index in [0.717, 1.165) is 7.11 Å². The van der Waals surface area contributed by atoms with E-state index in [0.29, 0.717) is 25.9 Å². The zero-order chi connectivity index (χ0) is 13.1. The van der Waals surface area contributed by atoms with E-state index in [2.05, 4.69) is 10.1 Å². The first kappa shape index (κ1) is 14.2. The van der Waals surface area contributed by atoms with Crippen molar-refractivity contribution < 1.29 is 17.9 Å². The maximum absolute atomic E-state index is 11.7. The topological polar surface area (TPSA) is 87.7 Å². The highest BCUT2D eigenvalue weighted by Gasteiger charge is 2.34. The zero-order valence-electron chi connectivity index (χ0n) is 10.3. The molecular weight excluding hydrogens is 246 g/mol. The third-order valence-corrected chi connectivity index (χ3v) is 4.64. The molecule has 7 nitrogen and oxygen atoms in total. The summed E-state index contributed by atoms with van der Waals surface area (Å²) in [6.45, 7) is 2.80. The van der Waals surface area contributed by atoms with Crippen LogP contribution in [0.5, 0.6) is 0 Å². The minimum Gasteiger partial charge on any atom is -0.452 e. The van der Waals surface area contributed by atoms with Crippen LogP contribution >= 0.6 is 0 Å². The van der Waals surface area contributed by atoms with Gasteiger partial charge in [0.1, 0.15) is 0 Å². The molecule has 1 aliphatic heterocycles. The number of ether oxygens (including phenoxy) is 1. The smallest absolute Gasteiger partial charge is 0.421 e. The first-order valence-corrected chi connectivity index (χ1v) is 6.82. The van der Waals surface area contributed by atoms with Gasteiger partial charge in [0.2, 0.25) is 0 Å². The molecule has 0 radical (unpaired) electrons. The van der Waals surface area contributed by atoms with Crippen molar-refractivity contribution >= 4 is 16.3 Å². The molecular formula is C9H19N3O4S. The molecule has 1 saturated heterocycles. The summed E-state index contributed by atoms with van der Waals surface area (Å²) in [6, 6.07) is 0. The molecule has 1 fully saturated rings. The molecule has 1 rings (SSSR count). The number of methoxy groups -OCH3 is 1. The summed E-state index contributed by atoms with van der Waals surface area (Å²) in [5, 5.41) is 3.17. The van der Waals surface area contributed by atoms with E-state index < -0.39 is 16.3 Å². The predicted octanol–water partition coefficient (Wildman–Crippen LogP) is -0.339. The second-order valence-electron chi connectivity index (χ2n) is 4.31. The maximum Gasteiger partial charge on any atom is 0.421 e. The summed E-state index contributed by atoms with van der Waals surface area (Å²) >= 11 is 0. The minimum absolute atomic E-state index is 0.0444. The molecule has 1 heterocycles. The van der Waals surface area contributed by atoms with Crippen LogP contribution in [0.25, 0.3) is 0 Å². The number of hydrogen-bond donors (Lipinski definition) is 2. The molecule has 17 heavy (non-hydrogen) atoms. The van der Waals surface area contributed by atoms with Crippen molar-refractivity contribution in [3.05, 3.63) is 0 Å². The first-order chi connectivity index (χ1) is 7.83. The number of carbonyl (C=O) groups is 1. The van der Waals surface area contributed by atoms with Gasteiger partial charge in [0, 0.05) is 18.6 Å². The Bertz CT molecular complexity index is 374. The fourth-order valence-electron chi connectivity index (χ4n) is 1.68. The van der Waals surface area contributed by atoms with Crippen LogP contribution in [-0.2, 0) is 14.9 Å². The Morgan fingerprint density at radius 1 is 1.35 bits per heavy atom. The summed E-state index contributed by atoms with van der Waals surface area (Å²) in [7, 11) is -0.790. The number of nitrogens with zero attached hydrogens (tertiary/aromatic N) is 1. The van der Waals surface area contributed by atoms with Crippen LogP contribution in [-0.4, -0.2) is 51.6 Å². The molecule has 100 valence electrons. The van der Waals surface area contributed by atoms with Crippen LogP contribution in [0.4, 0.5) is 4.79 Å². The summed E-state index contributed by atoms with van der Waals surface area (Å²) in [4.78, 5) is 10.9. The Labute approximate surface area is 102 Å². The molecule has 0 aromatic heterocycles. The van der Waals surface area contributed by atoms with Crippen molar-refractivity contribution in [2.75, 3.05) is 27.2 Å². The Morgan fingerprint density at radius 2 is 1.88 bits per heavy atom. The molecule has 0 bridgehead atoms. The van der Waals surface area contributed by atoms with Crippen molar-refractivity contribution in [2.45, 2.75) is 25.3 Å². The summed E-state index contributed by atoms with van der Waals surface area (Å²) < 4.78 is 30.9. The van der Waals surface area contributed by atoms with E-state index in [1.165, 1.54) is 4.31 Å². The highest BCUT2D eigenvalue weighted by atomic mass is 32.2. The van der Waals surface area contributed by atoms with E-state index in [4.69, 9.17) is 0 Å². The monoisotopic (exact) mass is 265 g/mol. The van der Waals surface area contributed by atoms with E-state index in [-0.39, 0.29) is 5.54 Å². The Balaban J connectivity index is 2.62. The number of nitrogens with one attached hydrogen (secondary N) is 2. The van der Waals surface area contributed by atoms with Crippen molar-refractivity contribution in [1.29, 1.82) is 0 Å². The molecule has 0 spiro atoms. The van der Waals surface area contributed by atoms with Gasteiger partial charge in [-0.1, -0.05) is 0 Å². The molecule has 1 amide bonds. The fourth-order valence-corrected chi connectivity index (χ4v) is 2.77. The molecule has 0 unspecified atom stereocenters. The van der Waals surface area contributed by atoms with Crippen LogP contribution < -0.4 is 10.0 Å². The number of rotatable bonds is 3. The lowest BCUT2D eigenvalue weighted by Crippen LogP contribution is -2.54. The molecule has 0 aromatic rings. The van der Waals surface area contributed by atoms with Gasteiger partial charge in [0.05, 0.1) is 7.11 Å². The predicted molar refractivity (Wildman–Crippen MR) is 62.7 cm³/mol. The minimum atomic E-state index is -3.77. The molecule has 8 heteroatoms. The first-order valence-electron chi connectivity index (χ1n) is 5.38. The lowest BCUT2D eigenvalue weighted by molar-refractivity contribution is 0.175. The standard InChI is InChI=1S/C9H19N3O4S/c1-9(10-2)4-6-12(7-5-9)17(14,15)11-8(13)16-3/h10H,4-7H2,1-3H3,(H,11,13). The van der Waals surface area contributed by atoms with Crippen LogP contribution in [0.15, 0.2) is 0 Å². The summed E-state index contributed by atoms with van der Waals surface area (Å²) in [5.41, 5.74) is -0.0444. The van der Waals surface area contributed by atoms with Crippen molar-refractivity contribution in [3.8, 4) is 0 Å². The maximum atomic E-state index is 11.7. The molecule has 1 aliphatic rings. The Kier molecular flexibility index (Phi) is 4.34. The van der Waals surface area contributed by atoms with Gasteiger partial charge in [-0.3, -0.25) is 0 Å². The second kappa shape index (κ2) is 5.19. The highest BCUT2D eigenvalue weighted by Crippen LogP contribution is 2.22. The van der Waals surface area contributed by atoms with E-state index in [1.54, 1.807) is 0 Å². The van der Waals surface area contributed by atoms with Crippen molar-refractivity contribution in [2.24, 2.45) is 0 Å². The van der Waals surface area contributed by atoms with E-state index in [9.17, 15) is 13.2 Å². The normalized spacial score (nSPS) is 20.9. The van der Waals surface area contributed by atoms with Gasteiger partial charge in [0.15, 0.2) is 0 Å². The van der Waals surface area contributed by atoms with Gasteiger partial charge in [-0.15, -0.1) is 0 Å². The van der Waals surface area contributed by atoms with E-state index >= 15 is 0 Å². The SMILES string of the molecule is CNC1(C)CCN(S(=O)(=O)NC(=O)OC)CC1. The fraction of sp³-hybridized carbons (Fsp3) is 0.889. The van der Waals surface area contributed by atoms with Gasteiger partial charge < -0.3 is 10.1 Å². The van der Waals surface area contributed by atoms with Gasteiger partial charge in [0.25, 0.3) is 0 Å². The van der Waals surface area contributed by atoms with Crippen LogP contribution in [0, 0.1) is 0 Å². The lowest BCUT2D eigenvalue weighted by atomic mass is 9.91. The van der Waals surface area contributed by atoms with Crippen LogP contribution in [0.1, 0.15) is 19.8 Å². The Morgan fingerprint density at radius 3 is 2.29 bits per heavy atom. The van der Waals surface area contributed by atoms with Gasteiger partial charge >= 0.3 is 16.3 Å². The average Bonchev–Trinajstić information content (AvgIpc) is 2.29. The van der Waals surface area contributed by atoms with Crippen molar-refractivity contribution in [1.82, 2.24) is 14.3 Å². The average molecular weight is 265 g/mol. The molecule has 0 aromatic carbocycles. The van der Waals surface area contributed by atoms with Gasteiger partial charge in [-0.25, -0.2) is 9.52 Å². The lowest BCUT2D eigenvalue weighted by Gasteiger charge is -2.38. The molecule has 0 aliphatic carbocycles. The quantitative estimate of drug-likeness (QED) is 0.729.